The van der Waals surface area contributed by atoms with Gasteiger partial charge in [0.05, 0.1) is 23.7 Å². The van der Waals surface area contributed by atoms with Gasteiger partial charge < -0.3 is 9.73 Å². The first-order valence-corrected chi connectivity index (χ1v) is 9.82. The maximum Gasteiger partial charge on any atom is 0.122 e. The molecule has 3 heterocycles. The van der Waals surface area contributed by atoms with Gasteiger partial charge in [-0.05, 0) is 64.0 Å². The SMILES string of the molecule is Cc1nn(-c2ccccc2)c(C)c1CNCC(c1ccco1)N1CCCC1. The highest BCUT2D eigenvalue weighted by Gasteiger charge is 2.25. The molecular weight excluding hydrogens is 336 g/mol. The third-order valence-corrected chi connectivity index (χ3v) is 5.53. The minimum Gasteiger partial charge on any atom is -0.468 e. The van der Waals surface area contributed by atoms with Crippen molar-refractivity contribution in [2.45, 2.75) is 39.3 Å². The molecule has 1 fully saturated rings. The van der Waals surface area contributed by atoms with Gasteiger partial charge in [0.2, 0.25) is 0 Å². The van der Waals surface area contributed by atoms with E-state index in [1.807, 2.05) is 28.9 Å². The number of hydrogen-bond acceptors (Lipinski definition) is 4. The number of para-hydroxylation sites is 1. The Labute approximate surface area is 161 Å². The number of benzene rings is 1. The van der Waals surface area contributed by atoms with Gasteiger partial charge in [-0.1, -0.05) is 18.2 Å². The zero-order valence-electron chi connectivity index (χ0n) is 16.2. The number of likely N-dealkylation sites (tertiary alicyclic amines) is 1. The van der Waals surface area contributed by atoms with E-state index in [4.69, 9.17) is 9.52 Å². The van der Waals surface area contributed by atoms with Crippen LogP contribution in [0.1, 0.15) is 41.6 Å². The van der Waals surface area contributed by atoms with Crippen LogP contribution in [0.4, 0.5) is 0 Å². The Kier molecular flexibility index (Phi) is 5.41. The Hall–Kier alpha value is -2.37. The molecule has 1 aliphatic heterocycles. The quantitative estimate of drug-likeness (QED) is 0.688. The second-order valence-electron chi connectivity index (χ2n) is 7.30. The average Bonchev–Trinajstić information content (AvgIpc) is 3.44. The van der Waals surface area contributed by atoms with E-state index in [-0.39, 0.29) is 0 Å². The van der Waals surface area contributed by atoms with Crippen LogP contribution in [0.25, 0.3) is 5.69 Å². The fourth-order valence-electron chi connectivity index (χ4n) is 4.03. The van der Waals surface area contributed by atoms with Crippen molar-refractivity contribution < 1.29 is 4.42 Å². The predicted octanol–water partition coefficient (Wildman–Crippen LogP) is 4.01. The largest absolute Gasteiger partial charge is 0.468 e. The molecule has 5 heteroatoms. The number of furan rings is 1. The van der Waals surface area contributed by atoms with E-state index < -0.39 is 0 Å². The third-order valence-electron chi connectivity index (χ3n) is 5.53. The second kappa shape index (κ2) is 8.11. The molecule has 2 aromatic heterocycles. The summed E-state index contributed by atoms with van der Waals surface area (Å²) >= 11 is 0. The van der Waals surface area contributed by atoms with E-state index in [0.29, 0.717) is 6.04 Å². The zero-order valence-corrected chi connectivity index (χ0v) is 16.2. The van der Waals surface area contributed by atoms with E-state index in [1.54, 1.807) is 6.26 Å². The molecule has 0 aliphatic carbocycles. The minimum atomic E-state index is 0.298. The van der Waals surface area contributed by atoms with Crippen LogP contribution in [0.3, 0.4) is 0 Å². The first-order valence-electron chi connectivity index (χ1n) is 9.82. The molecule has 1 unspecified atom stereocenters. The molecule has 3 aromatic rings. The predicted molar refractivity (Wildman–Crippen MR) is 107 cm³/mol. The van der Waals surface area contributed by atoms with Crippen LogP contribution in [0.2, 0.25) is 0 Å². The molecule has 0 amide bonds. The van der Waals surface area contributed by atoms with Gasteiger partial charge in [-0.25, -0.2) is 4.68 Å². The summed E-state index contributed by atoms with van der Waals surface area (Å²) < 4.78 is 7.76. The molecule has 142 valence electrons. The number of rotatable bonds is 7. The van der Waals surface area contributed by atoms with Crippen LogP contribution in [0.15, 0.2) is 53.1 Å². The van der Waals surface area contributed by atoms with Crippen molar-refractivity contribution in [2.24, 2.45) is 0 Å². The van der Waals surface area contributed by atoms with Gasteiger partial charge in [0.15, 0.2) is 0 Å². The second-order valence-corrected chi connectivity index (χ2v) is 7.30. The Bertz CT molecular complexity index is 848. The van der Waals surface area contributed by atoms with Gasteiger partial charge in [-0.15, -0.1) is 0 Å². The Balaban J connectivity index is 1.46. The fraction of sp³-hybridized carbons (Fsp3) is 0.409. The molecule has 0 bridgehead atoms. The summed E-state index contributed by atoms with van der Waals surface area (Å²) in [5.74, 6) is 1.05. The molecule has 4 rings (SSSR count). The molecule has 0 radical (unpaired) electrons. The summed E-state index contributed by atoms with van der Waals surface area (Å²) in [7, 11) is 0. The van der Waals surface area contributed by atoms with Gasteiger partial charge >= 0.3 is 0 Å². The van der Waals surface area contributed by atoms with E-state index >= 15 is 0 Å². The normalized spacial score (nSPS) is 16.1. The molecule has 5 nitrogen and oxygen atoms in total. The monoisotopic (exact) mass is 364 g/mol. The van der Waals surface area contributed by atoms with Crippen LogP contribution in [-0.4, -0.2) is 34.3 Å². The van der Waals surface area contributed by atoms with Crippen LogP contribution in [-0.2, 0) is 6.54 Å². The van der Waals surface area contributed by atoms with Gasteiger partial charge in [0, 0.05) is 24.3 Å². The van der Waals surface area contributed by atoms with Crippen molar-refractivity contribution >= 4 is 0 Å². The Morgan fingerprint density at radius 1 is 1.07 bits per heavy atom. The topological polar surface area (TPSA) is 46.2 Å². The van der Waals surface area contributed by atoms with E-state index in [9.17, 15) is 0 Å². The first-order chi connectivity index (χ1) is 13.2. The molecule has 0 saturated carbocycles. The number of aryl methyl sites for hydroxylation is 1. The van der Waals surface area contributed by atoms with Crippen LogP contribution in [0, 0.1) is 13.8 Å². The summed E-state index contributed by atoms with van der Waals surface area (Å²) in [5, 5.41) is 8.41. The van der Waals surface area contributed by atoms with Crippen molar-refractivity contribution in [2.75, 3.05) is 19.6 Å². The maximum absolute atomic E-state index is 5.72. The fourth-order valence-corrected chi connectivity index (χ4v) is 4.03. The lowest BCUT2D eigenvalue weighted by molar-refractivity contribution is 0.209. The van der Waals surface area contributed by atoms with Crippen molar-refractivity contribution in [3.8, 4) is 5.69 Å². The number of hydrogen-bond donors (Lipinski definition) is 1. The Morgan fingerprint density at radius 2 is 1.85 bits per heavy atom. The molecule has 1 saturated heterocycles. The molecular formula is C22H28N4O. The number of nitrogens with one attached hydrogen (secondary N) is 1. The van der Waals surface area contributed by atoms with Crippen molar-refractivity contribution in [3.05, 3.63) is 71.4 Å². The molecule has 1 aliphatic rings. The first kappa shape index (κ1) is 18.0. The molecule has 27 heavy (non-hydrogen) atoms. The lowest BCUT2D eigenvalue weighted by Crippen LogP contribution is -2.33. The standard InChI is InChI=1S/C22H28N4O/c1-17-20(18(2)26(24-17)19-9-4-3-5-10-19)15-23-16-21(22-11-8-14-27-22)25-12-6-7-13-25/h3-5,8-11,14,21,23H,6-7,12-13,15-16H2,1-2H3. The maximum atomic E-state index is 5.72. The summed E-state index contributed by atoms with van der Waals surface area (Å²) in [6.07, 6.45) is 4.33. The van der Waals surface area contributed by atoms with Crippen molar-refractivity contribution in [1.29, 1.82) is 0 Å². The lowest BCUT2D eigenvalue weighted by Gasteiger charge is -2.26. The third kappa shape index (κ3) is 3.84. The molecule has 1 aromatic carbocycles. The highest BCUT2D eigenvalue weighted by Crippen LogP contribution is 2.25. The van der Waals surface area contributed by atoms with E-state index in [1.165, 1.54) is 24.1 Å². The summed E-state index contributed by atoms with van der Waals surface area (Å²) in [5.41, 5.74) is 4.66. The highest BCUT2D eigenvalue weighted by atomic mass is 16.3. The summed E-state index contributed by atoms with van der Waals surface area (Å²) in [4.78, 5) is 2.53. The lowest BCUT2D eigenvalue weighted by atomic mass is 10.1. The van der Waals surface area contributed by atoms with Crippen LogP contribution < -0.4 is 5.32 Å². The highest BCUT2D eigenvalue weighted by molar-refractivity contribution is 5.36. The summed E-state index contributed by atoms with van der Waals surface area (Å²) in [6.45, 7) is 8.23. The van der Waals surface area contributed by atoms with Crippen LogP contribution in [0.5, 0.6) is 0 Å². The molecule has 1 atom stereocenters. The van der Waals surface area contributed by atoms with Crippen molar-refractivity contribution in [3.63, 3.8) is 0 Å². The van der Waals surface area contributed by atoms with E-state index in [0.717, 1.165) is 43.3 Å². The van der Waals surface area contributed by atoms with Gasteiger partial charge in [-0.3, -0.25) is 4.90 Å². The van der Waals surface area contributed by atoms with Crippen molar-refractivity contribution in [1.82, 2.24) is 20.0 Å². The van der Waals surface area contributed by atoms with Gasteiger partial charge in [0.1, 0.15) is 5.76 Å². The van der Waals surface area contributed by atoms with E-state index in [2.05, 4.69) is 42.3 Å². The average molecular weight is 364 g/mol. The smallest absolute Gasteiger partial charge is 0.122 e. The number of nitrogens with zero attached hydrogens (tertiary/aromatic N) is 3. The Morgan fingerprint density at radius 3 is 2.56 bits per heavy atom. The van der Waals surface area contributed by atoms with Gasteiger partial charge in [-0.2, -0.15) is 5.10 Å². The van der Waals surface area contributed by atoms with Crippen LogP contribution >= 0.6 is 0 Å². The molecule has 1 N–H and O–H groups in total. The summed E-state index contributed by atoms with van der Waals surface area (Å²) in [6, 6.07) is 14.7. The zero-order chi connectivity index (χ0) is 18.6. The number of aromatic nitrogens is 2. The molecule has 0 spiro atoms. The van der Waals surface area contributed by atoms with Gasteiger partial charge in [0.25, 0.3) is 0 Å². The minimum absolute atomic E-state index is 0.298.